The Morgan fingerprint density at radius 2 is 2.33 bits per heavy atom. The summed E-state index contributed by atoms with van der Waals surface area (Å²) < 4.78 is 5.30. The molecule has 0 saturated heterocycles. The SMILES string of the molecule is NNc1nc(SCc2ccco2)c2ccsc2n1. The third kappa shape index (κ3) is 2.20. The first-order chi connectivity index (χ1) is 8.86. The maximum absolute atomic E-state index is 5.37. The number of nitrogens with two attached hydrogens (primary N) is 1. The molecule has 0 amide bonds. The summed E-state index contributed by atoms with van der Waals surface area (Å²) in [6.45, 7) is 0. The Balaban J connectivity index is 1.92. The van der Waals surface area contributed by atoms with Crippen LogP contribution in [-0.2, 0) is 5.75 Å². The number of anilines is 1. The van der Waals surface area contributed by atoms with Crippen molar-refractivity contribution in [3.05, 3.63) is 35.6 Å². The van der Waals surface area contributed by atoms with Crippen molar-refractivity contribution in [1.82, 2.24) is 9.97 Å². The fraction of sp³-hybridized carbons (Fsp3) is 0.0909. The summed E-state index contributed by atoms with van der Waals surface area (Å²) in [4.78, 5) is 9.60. The van der Waals surface area contributed by atoms with Gasteiger partial charge in [0.25, 0.3) is 0 Å². The average Bonchev–Trinajstić information content (AvgIpc) is 3.06. The molecule has 0 aliphatic heterocycles. The van der Waals surface area contributed by atoms with Crippen LogP contribution in [0.1, 0.15) is 5.76 Å². The minimum Gasteiger partial charge on any atom is -0.468 e. The van der Waals surface area contributed by atoms with Gasteiger partial charge in [-0.15, -0.1) is 11.3 Å². The van der Waals surface area contributed by atoms with E-state index in [-0.39, 0.29) is 0 Å². The molecule has 3 rings (SSSR count). The highest BCUT2D eigenvalue weighted by Gasteiger charge is 2.09. The number of rotatable bonds is 4. The molecule has 5 nitrogen and oxygen atoms in total. The molecule has 3 aromatic heterocycles. The lowest BCUT2D eigenvalue weighted by molar-refractivity contribution is 0.530. The lowest BCUT2D eigenvalue weighted by atomic mass is 10.4. The van der Waals surface area contributed by atoms with E-state index in [2.05, 4.69) is 15.4 Å². The number of nitrogen functional groups attached to an aromatic ring is 1. The van der Waals surface area contributed by atoms with Gasteiger partial charge in [0, 0.05) is 5.39 Å². The molecule has 0 bridgehead atoms. The Morgan fingerprint density at radius 1 is 1.39 bits per heavy atom. The zero-order valence-corrected chi connectivity index (χ0v) is 10.9. The summed E-state index contributed by atoms with van der Waals surface area (Å²) in [6.07, 6.45) is 1.67. The van der Waals surface area contributed by atoms with Crippen molar-refractivity contribution in [2.24, 2.45) is 5.84 Å². The molecule has 7 heteroatoms. The molecule has 3 N–H and O–H groups in total. The lowest BCUT2D eigenvalue weighted by Gasteiger charge is -2.04. The second-order valence-electron chi connectivity index (χ2n) is 3.50. The van der Waals surface area contributed by atoms with E-state index in [4.69, 9.17) is 10.3 Å². The van der Waals surface area contributed by atoms with Crippen LogP contribution in [0.4, 0.5) is 5.95 Å². The van der Waals surface area contributed by atoms with Crippen molar-refractivity contribution < 1.29 is 4.42 Å². The van der Waals surface area contributed by atoms with Gasteiger partial charge >= 0.3 is 0 Å². The monoisotopic (exact) mass is 278 g/mol. The van der Waals surface area contributed by atoms with Crippen LogP contribution in [0.3, 0.4) is 0 Å². The Morgan fingerprint density at radius 3 is 3.11 bits per heavy atom. The van der Waals surface area contributed by atoms with E-state index in [1.54, 1.807) is 29.4 Å². The van der Waals surface area contributed by atoms with Crippen LogP contribution in [0.25, 0.3) is 10.2 Å². The van der Waals surface area contributed by atoms with E-state index in [0.717, 1.165) is 26.8 Å². The molecular formula is C11H10N4OS2. The lowest BCUT2D eigenvalue weighted by Crippen LogP contribution is -2.10. The first-order valence-corrected chi connectivity index (χ1v) is 7.10. The van der Waals surface area contributed by atoms with Crippen LogP contribution in [0.2, 0.25) is 0 Å². The standard InChI is InChI=1S/C11H10N4OS2/c12-15-11-13-9-8(3-5-17-9)10(14-11)18-6-7-2-1-4-16-7/h1-5H,6,12H2,(H,13,14,15). The van der Waals surface area contributed by atoms with Gasteiger partial charge in [-0.2, -0.15) is 0 Å². The molecule has 3 heterocycles. The minimum atomic E-state index is 0.437. The van der Waals surface area contributed by atoms with E-state index < -0.39 is 0 Å². The molecular weight excluding hydrogens is 268 g/mol. The van der Waals surface area contributed by atoms with Gasteiger partial charge in [-0.25, -0.2) is 15.8 Å². The summed E-state index contributed by atoms with van der Waals surface area (Å²) in [6, 6.07) is 5.84. The fourth-order valence-corrected chi connectivity index (χ4v) is 3.28. The van der Waals surface area contributed by atoms with Crippen molar-refractivity contribution in [2.75, 3.05) is 5.43 Å². The van der Waals surface area contributed by atoms with E-state index >= 15 is 0 Å². The van der Waals surface area contributed by atoms with E-state index in [9.17, 15) is 0 Å². The number of thioether (sulfide) groups is 1. The van der Waals surface area contributed by atoms with Crippen molar-refractivity contribution in [3.8, 4) is 0 Å². The first kappa shape index (κ1) is 11.5. The molecule has 0 atom stereocenters. The maximum Gasteiger partial charge on any atom is 0.239 e. The molecule has 3 aromatic rings. The largest absolute Gasteiger partial charge is 0.468 e. The van der Waals surface area contributed by atoms with Crippen molar-refractivity contribution >= 4 is 39.3 Å². The van der Waals surface area contributed by atoms with Gasteiger partial charge < -0.3 is 4.42 Å². The highest BCUT2D eigenvalue weighted by atomic mass is 32.2. The number of nitrogens with one attached hydrogen (secondary N) is 1. The van der Waals surface area contributed by atoms with Crippen molar-refractivity contribution in [3.63, 3.8) is 0 Å². The van der Waals surface area contributed by atoms with E-state index in [1.807, 2.05) is 23.6 Å². The number of furan rings is 1. The number of fused-ring (bicyclic) bond motifs is 1. The predicted molar refractivity (Wildman–Crippen MR) is 73.5 cm³/mol. The predicted octanol–water partition coefficient (Wildman–Crippen LogP) is 2.86. The van der Waals surface area contributed by atoms with Crippen molar-refractivity contribution in [1.29, 1.82) is 0 Å². The molecule has 92 valence electrons. The quantitative estimate of drug-likeness (QED) is 0.331. The van der Waals surface area contributed by atoms with Crippen LogP contribution in [0, 0.1) is 0 Å². The van der Waals surface area contributed by atoms with Crippen LogP contribution in [0.5, 0.6) is 0 Å². The number of nitrogens with zero attached hydrogens (tertiary/aromatic N) is 2. The zero-order valence-electron chi connectivity index (χ0n) is 9.29. The highest BCUT2D eigenvalue weighted by molar-refractivity contribution is 7.98. The molecule has 0 aliphatic rings. The van der Waals surface area contributed by atoms with Gasteiger partial charge in [0.2, 0.25) is 5.95 Å². The summed E-state index contributed by atoms with van der Waals surface area (Å²) >= 11 is 3.18. The van der Waals surface area contributed by atoms with E-state index in [0.29, 0.717) is 5.95 Å². The van der Waals surface area contributed by atoms with Gasteiger partial charge in [-0.05, 0) is 23.6 Å². The number of thiophene rings is 1. The Labute approximate surface area is 111 Å². The minimum absolute atomic E-state index is 0.437. The van der Waals surface area contributed by atoms with Gasteiger partial charge in [-0.1, -0.05) is 11.8 Å². The molecule has 0 spiro atoms. The average molecular weight is 278 g/mol. The maximum atomic E-state index is 5.37. The van der Waals surface area contributed by atoms with E-state index in [1.165, 1.54) is 0 Å². The normalized spacial score (nSPS) is 10.9. The van der Waals surface area contributed by atoms with Gasteiger partial charge in [-0.3, -0.25) is 5.43 Å². The van der Waals surface area contributed by atoms with Gasteiger partial charge in [0.1, 0.15) is 15.6 Å². The molecule has 18 heavy (non-hydrogen) atoms. The Hall–Kier alpha value is -1.57. The smallest absolute Gasteiger partial charge is 0.239 e. The summed E-state index contributed by atoms with van der Waals surface area (Å²) in [5.74, 6) is 7.46. The zero-order chi connectivity index (χ0) is 12.4. The first-order valence-electron chi connectivity index (χ1n) is 5.24. The summed E-state index contributed by atoms with van der Waals surface area (Å²) in [5, 5.41) is 3.96. The molecule has 0 fully saturated rings. The molecule has 0 saturated carbocycles. The van der Waals surface area contributed by atoms with Crippen LogP contribution in [0.15, 0.2) is 39.3 Å². The molecule has 0 aromatic carbocycles. The van der Waals surface area contributed by atoms with Crippen LogP contribution in [-0.4, -0.2) is 9.97 Å². The third-order valence-corrected chi connectivity index (χ3v) is 4.17. The number of hydrogen-bond donors (Lipinski definition) is 2. The topological polar surface area (TPSA) is 77.0 Å². The highest BCUT2D eigenvalue weighted by Crippen LogP contribution is 2.31. The van der Waals surface area contributed by atoms with Gasteiger partial charge in [0.05, 0.1) is 12.0 Å². The van der Waals surface area contributed by atoms with Gasteiger partial charge in [0.15, 0.2) is 0 Å². The Bertz CT molecular complexity index is 650. The summed E-state index contributed by atoms with van der Waals surface area (Å²) in [5.41, 5.74) is 2.49. The second-order valence-corrected chi connectivity index (χ2v) is 5.36. The third-order valence-electron chi connectivity index (χ3n) is 2.35. The molecule has 0 aliphatic carbocycles. The van der Waals surface area contributed by atoms with Crippen LogP contribution >= 0.6 is 23.1 Å². The van der Waals surface area contributed by atoms with Crippen molar-refractivity contribution in [2.45, 2.75) is 10.8 Å². The fourth-order valence-electron chi connectivity index (χ4n) is 1.54. The number of aromatic nitrogens is 2. The second kappa shape index (κ2) is 4.97. The molecule has 0 unspecified atom stereocenters. The summed E-state index contributed by atoms with van der Waals surface area (Å²) in [7, 11) is 0. The molecule has 0 radical (unpaired) electrons. The Kier molecular flexibility index (Phi) is 3.18. The number of hydrogen-bond acceptors (Lipinski definition) is 7. The van der Waals surface area contributed by atoms with Crippen LogP contribution < -0.4 is 11.3 Å². The number of hydrazine groups is 1.